The van der Waals surface area contributed by atoms with E-state index in [2.05, 4.69) is 46.4 Å². The topological polar surface area (TPSA) is 82.1 Å². The van der Waals surface area contributed by atoms with Crippen molar-refractivity contribution in [3.8, 4) is 0 Å². The summed E-state index contributed by atoms with van der Waals surface area (Å²) in [7, 11) is 0. The van der Waals surface area contributed by atoms with Crippen LogP contribution in [0, 0.1) is 16.2 Å². The Labute approximate surface area is 191 Å². The molecule has 0 rings (SSSR count). The first-order chi connectivity index (χ1) is 13.9. The maximum atomic E-state index is 11.3. The normalized spacial score (nSPS) is 12.6. The lowest BCUT2D eigenvalue weighted by molar-refractivity contribution is -0.320. The van der Waals surface area contributed by atoms with Crippen LogP contribution in [0.25, 0.3) is 0 Å². The molecule has 0 aromatic heterocycles. The molecule has 0 bridgehead atoms. The van der Waals surface area contributed by atoms with E-state index in [1.54, 1.807) is 13.8 Å². The Hall–Kier alpha value is -1.14. The third kappa shape index (κ3) is 20.5. The SMILES string of the molecule is CC(C)(C)CCCCCC(=O)OOC(C)(C)C.CCCC(C)(C)CC(C)(C)C(=O)OO. The second kappa shape index (κ2) is 14.1. The first-order valence-electron chi connectivity index (χ1n) is 11.6. The van der Waals surface area contributed by atoms with Crippen molar-refractivity contribution in [2.24, 2.45) is 16.2 Å². The number of unbranched alkanes of at least 4 members (excludes halogenated alkanes) is 2. The van der Waals surface area contributed by atoms with Crippen molar-refractivity contribution in [2.45, 2.75) is 133 Å². The maximum absolute atomic E-state index is 11.3. The van der Waals surface area contributed by atoms with E-state index in [1.165, 1.54) is 6.42 Å². The standard InChI is InChI=1S/C14H28O3.C11H22O3/c1-13(2,3)11-9-7-8-10-12(15)16-17-14(4,5)6;1-6-7-10(2,3)8-11(4,5)9(12)14-13/h7-11H2,1-6H3;13H,6-8H2,1-5H3. The van der Waals surface area contributed by atoms with Gasteiger partial charge in [-0.25, -0.2) is 9.59 Å². The van der Waals surface area contributed by atoms with Gasteiger partial charge in [0.2, 0.25) is 0 Å². The molecule has 0 fully saturated rings. The highest BCUT2D eigenvalue weighted by Crippen LogP contribution is 2.37. The maximum Gasteiger partial charge on any atom is 0.347 e. The quantitative estimate of drug-likeness (QED) is 0.201. The van der Waals surface area contributed by atoms with E-state index in [0.29, 0.717) is 18.3 Å². The van der Waals surface area contributed by atoms with Crippen LogP contribution in [0.2, 0.25) is 0 Å². The summed E-state index contributed by atoms with van der Waals surface area (Å²) in [5, 5.41) is 8.35. The molecule has 0 spiro atoms. The van der Waals surface area contributed by atoms with Gasteiger partial charge in [-0.3, -0.25) is 4.89 Å². The highest BCUT2D eigenvalue weighted by molar-refractivity contribution is 5.75. The van der Waals surface area contributed by atoms with E-state index in [-0.39, 0.29) is 11.4 Å². The zero-order valence-corrected chi connectivity index (χ0v) is 22.1. The van der Waals surface area contributed by atoms with Crippen molar-refractivity contribution >= 4 is 11.9 Å². The van der Waals surface area contributed by atoms with Crippen molar-refractivity contribution < 1.29 is 29.5 Å². The molecule has 0 saturated carbocycles. The highest BCUT2D eigenvalue weighted by Gasteiger charge is 2.35. The Balaban J connectivity index is 0. The third-order valence-electron chi connectivity index (χ3n) is 4.68. The number of hydrogen-bond acceptors (Lipinski definition) is 6. The lowest BCUT2D eigenvalue weighted by Gasteiger charge is -2.32. The number of carbonyl (C=O) groups excluding carboxylic acids is 2. The van der Waals surface area contributed by atoms with Crippen LogP contribution in [0.5, 0.6) is 0 Å². The summed E-state index contributed by atoms with van der Waals surface area (Å²) >= 11 is 0. The van der Waals surface area contributed by atoms with Crippen LogP contribution in [0.3, 0.4) is 0 Å². The van der Waals surface area contributed by atoms with Gasteiger partial charge in [-0.15, -0.1) is 0 Å². The summed E-state index contributed by atoms with van der Waals surface area (Å²) in [6, 6.07) is 0. The average Bonchev–Trinajstić information content (AvgIpc) is 2.56. The smallest absolute Gasteiger partial charge is 0.300 e. The number of hydrogen-bond donors (Lipinski definition) is 1. The van der Waals surface area contributed by atoms with Crippen LogP contribution in [0.15, 0.2) is 0 Å². The number of rotatable bonds is 11. The van der Waals surface area contributed by atoms with Gasteiger partial charge in [0, 0.05) is 6.42 Å². The van der Waals surface area contributed by atoms with Crippen molar-refractivity contribution in [3.05, 3.63) is 0 Å². The van der Waals surface area contributed by atoms with Gasteiger partial charge >= 0.3 is 11.9 Å². The fourth-order valence-corrected chi connectivity index (χ4v) is 3.47. The van der Waals surface area contributed by atoms with Gasteiger partial charge in [0.1, 0.15) is 5.60 Å². The minimum Gasteiger partial charge on any atom is -0.300 e. The van der Waals surface area contributed by atoms with E-state index < -0.39 is 17.0 Å². The van der Waals surface area contributed by atoms with Gasteiger partial charge in [0.15, 0.2) is 0 Å². The molecule has 6 nitrogen and oxygen atoms in total. The van der Waals surface area contributed by atoms with Gasteiger partial charge in [-0.2, -0.15) is 10.1 Å². The molecule has 0 saturated heterocycles. The Morgan fingerprint density at radius 1 is 0.806 bits per heavy atom. The summed E-state index contributed by atoms with van der Waals surface area (Å²) in [5.41, 5.74) is -0.558. The Kier molecular flexibility index (Phi) is 14.6. The Morgan fingerprint density at radius 2 is 1.35 bits per heavy atom. The first kappa shape index (κ1) is 32.0. The molecule has 0 amide bonds. The second-order valence-electron chi connectivity index (χ2n) is 12.1. The van der Waals surface area contributed by atoms with E-state index in [1.807, 2.05) is 20.8 Å². The molecule has 31 heavy (non-hydrogen) atoms. The molecule has 0 heterocycles. The zero-order chi connectivity index (χ0) is 24.9. The summed E-state index contributed by atoms with van der Waals surface area (Å²) < 4.78 is 0. The lowest BCUT2D eigenvalue weighted by atomic mass is 9.73. The fraction of sp³-hybridized carbons (Fsp3) is 0.920. The van der Waals surface area contributed by atoms with Crippen molar-refractivity contribution in [1.82, 2.24) is 0 Å². The average molecular weight is 447 g/mol. The Bertz CT molecular complexity index is 509. The first-order valence-corrected chi connectivity index (χ1v) is 11.6. The predicted octanol–water partition coefficient (Wildman–Crippen LogP) is 7.50. The molecule has 0 unspecified atom stereocenters. The molecule has 0 radical (unpaired) electrons. The Morgan fingerprint density at radius 3 is 1.77 bits per heavy atom. The molecule has 0 aliphatic heterocycles. The van der Waals surface area contributed by atoms with Gasteiger partial charge in [0.05, 0.1) is 5.41 Å². The second-order valence-corrected chi connectivity index (χ2v) is 12.1. The monoisotopic (exact) mass is 446 g/mol. The summed E-state index contributed by atoms with van der Waals surface area (Å²) in [6.45, 7) is 22.2. The van der Waals surface area contributed by atoms with Gasteiger partial charge in [-0.05, 0) is 71.1 Å². The third-order valence-corrected chi connectivity index (χ3v) is 4.68. The van der Waals surface area contributed by atoms with Gasteiger partial charge in [0.25, 0.3) is 0 Å². The van der Waals surface area contributed by atoms with E-state index >= 15 is 0 Å². The lowest BCUT2D eigenvalue weighted by Crippen LogP contribution is -2.31. The van der Waals surface area contributed by atoms with Crippen molar-refractivity contribution in [1.29, 1.82) is 0 Å². The van der Waals surface area contributed by atoms with Crippen LogP contribution < -0.4 is 0 Å². The largest absolute Gasteiger partial charge is 0.347 e. The molecule has 0 aromatic carbocycles. The van der Waals surface area contributed by atoms with E-state index in [4.69, 9.17) is 15.0 Å². The number of carbonyl (C=O) groups is 2. The minimum atomic E-state index is -0.618. The predicted molar refractivity (Wildman–Crippen MR) is 125 cm³/mol. The molecular weight excluding hydrogens is 396 g/mol. The highest BCUT2D eigenvalue weighted by atomic mass is 17.2. The van der Waals surface area contributed by atoms with Crippen LogP contribution in [0.4, 0.5) is 0 Å². The molecule has 1 N–H and O–H groups in total. The van der Waals surface area contributed by atoms with E-state index in [0.717, 1.165) is 32.1 Å². The summed E-state index contributed by atoms with van der Waals surface area (Å²) in [4.78, 5) is 36.0. The molecule has 6 heteroatoms. The van der Waals surface area contributed by atoms with Crippen LogP contribution in [-0.4, -0.2) is 22.8 Å². The summed E-state index contributed by atoms with van der Waals surface area (Å²) in [5.74, 6) is -0.822. The van der Waals surface area contributed by atoms with Crippen LogP contribution in [-0.2, 0) is 24.3 Å². The summed E-state index contributed by atoms with van der Waals surface area (Å²) in [6.07, 6.45) is 7.63. The fourth-order valence-electron chi connectivity index (χ4n) is 3.47. The molecule has 0 aliphatic carbocycles. The van der Waals surface area contributed by atoms with Gasteiger partial charge in [-0.1, -0.05) is 60.8 Å². The molecule has 186 valence electrons. The molecule has 0 aliphatic rings. The molecular formula is C25H50O6. The van der Waals surface area contributed by atoms with Crippen LogP contribution in [0.1, 0.15) is 128 Å². The van der Waals surface area contributed by atoms with E-state index in [9.17, 15) is 9.59 Å². The molecule has 0 atom stereocenters. The zero-order valence-electron chi connectivity index (χ0n) is 22.1. The molecule has 0 aromatic rings. The van der Waals surface area contributed by atoms with Crippen molar-refractivity contribution in [3.63, 3.8) is 0 Å². The van der Waals surface area contributed by atoms with Crippen LogP contribution >= 0.6 is 0 Å². The minimum absolute atomic E-state index is 0.104. The van der Waals surface area contributed by atoms with Gasteiger partial charge < -0.3 is 4.89 Å². The van der Waals surface area contributed by atoms with Crippen molar-refractivity contribution in [2.75, 3.05) is 0 Å².